The molecular weight excluding hydrogens is 364 g/mol. The predicted octanol–water partition coefficient (Wildman–Crippen LogP) is 2.39. The van der Waals surface area contributed by atoms with Crippen LogP contribution in [-0.2, 0) is 10.0 Å². The first-order valence-corrected chi connectivity index (χ1v) is 9.59. The van der Waals surface area contributed by atoms with E-state index in [0.717, 1.165) is 5.69 Å². The quantitative estimate of drug-likeness (QED) is 0.696. The van der Waals surface area contributed by atoms with E-state index in [0.29, 0.717) is 36.7 Å². The van der Waals surface area contributed by atoms with Gasteiger partial charge < -0.3 is 4.90 Å². The third-order valence-electron chi connectivity index (χ3n) is 4.30. The summed E-state index contributed by atoms with van der Waals surface area (Å²) in [6.07, 6.45) is 0. The zero-order valence-corrected chi connectivity index (χ0v) is 14.7. The van der Waals surface area contributed by atoms with Crippen LogP contribution < -0.4 is 4.90 Å². The number of fused-ring (bicyclic) bond motifs is 1. The summed E-state index contributed by atoms with van der Waals surface area (Å²) in [6, 6.07) is 12.4. The smallest absolute Gasteiger partial charge is 0.245 e. The second-order valence-electron chi connectivity index (χ2n) is 5.76. The van der Waals surface area contributed by atoms with Crippen molar-refractivity contribution in [3.8, 4) is 0 Å². The molecule has 9 heteroatoms. The Bertz CT molecular complexity index is 996. The summed E-state index contributed by atoms with van der Waals surface area (Å²) >= 11 is 5.92. The van der Waals surface area contributed by atoms with Crippen molar-refractivity contribution in [1.29, 1.82) is 0 Å². The zero-order valence-electron chi connectivity index (χ0n) is 13.2. The van der Waals surface area contributed by atoms with Crippen LogP contribution >= 0.6 is 11.6 Å². The lowest BCUT2D eigenvalue weighted by molar-refractivity contribution is 0.315. The van der Waals surface area contributed by atoms with E-state index in [2.05, 4.69) is 19.8 Å². The first-order valence-electron chi connectivity index (χ1n) is 7.78. The second kappa shape index (κ2) is 6.29. The molecule has 0 amide bonds. The number of anilines is 1. The molecule has 0 aliphatic carbocycles. The molecule has 0 N–H and O–H groups in total. The number of rotatable bonds is 3. The molecule has 4 rings (SSSR count). The van der Waals surface area contributed by atoms with Crippen LogP contribution in [0.1, 0.15) is 0 Å². The molecule has 0 atom stereocenters. The van der Waals surface area contributed by atoms with Crippen molar-refractivity contribution in [2.24, 2.45) is 0 Å². The Morgan fingerprint density at radius 1 is 0.960 bits per heavy atom. The fourth-order valence-corrected chi connectivity index (χ4v) is 4.65. The van der Waals surface area contributed by atoms with Crippen molar-refractivity contribution < 1.29 is 13.0 Å². The summed E-state index contributed by atoms with van der Waals surface area (Å²) in [5, 5.41) is 8.12. The topological polar surface area (TPSA) is 79.5 Å². The number of nitrogens with zero attached hydrogens (tertiary/aromatic N) is 4. The Balaban J connectivity index is 1.55. The lowest BCUT2D eigenvalue weighted by Gasteiger charge is -2.35. The highest BCUT2D eigenvalue weighted by Gasteiger charge is 2.31. The van der Waals surface area contributed by atoms with E-state index in [4.69, 9.17) is 11.6 Å². The molecule has 0 unspecified atom stereocenters. The van der Waals surface area contributed by atoms with E-state index in [1.807, 2.05) is 24.3 Å². The minimum Gasteiger partial charge on any atom is -0.369 e. The molecule has 0 saturated carbocycles. The first kappa shape index (κ1) is 16.3. The van der Waals surface area contributed by atoms with Crippen LogP contribution in [0.25, 0.3) is 11.0 Å². The summed E-state index contributed by atoms with van der Waals surface area (Å²) in [4.78, 5) is 2.27. The van der Waals surface area contributed by atoms with E-state index in [-0.39, 0.29) is 10.4 Å². The largest absolute Gasteiger partial charge is 0.369 e. The third-order valence-corrected chi connectivity index (χ3v) is 6.48. The van der Waals surface area contributed by atoms with Crippen molar-refractivity contribution >= 4 is 38.3 Å². The van der Waals surface area contributed by atoms with Crippen LogP contribution in [0.5, 0.6) is 0 Å². The molecule has 2 heterocycles. The van der Waals surface area contributed by atoms with Gasteiger partial charge in [-0.3, -0.25) is 0 Å². The summed E-state index contributed by atoms with van der Waals surface area (Å²) in [5.41, 5.74) is 1.73. The van der Waals surface area contributed by atoms with Crippen LogP contribution in [0.2, 0.25) is 5.02 Å². The van der Waals surface area contributed by atoms with Gasteiger partial charge in [0.15, 0.2) is 5.52 Å². The Kier molecular flexibility index (Phi) is 4.10. The van der Waals surface area contributed by atoms with E-state index in [1.54, 1.807) is 12.1 Å². The molecule has 0 radical (unpaired) electrons. The highest BCUT2D eigenvalue weighted by atomic mass is 35.5. The minimum absolute atomic E-state index is 0.131. The van der Waals surface area contributed by atoms with Gasteiger partial charge in [0.1, 0.15) is 10.4 Å². The van der Waals surface area contributed by atoms with Crippen molar-refractivity contribution in [2.45, 2.75) is 4.90 Å². The van der Waals surface area contributed by atoms with Gasteiger partial charge in [-0.15, -0.1) is 0 Å². The van der Waals surface area contributed by atoms with Crippen LogP contribution in [0.3, 0.4) is 0 Å². The number of sulfonamides is 1. The number of hydrogen-bond acceptors (Lipinski definition) is 6. The number of halogens is 1. The van der Waals surface area contributed by atoms with Crippen molar-refractivity contribution in [3.63, 3.8) is 0 Å². The highest BCUT2D eigenvalue weighted by Crippen LogP contribution is 2.26. The molecule has 1 aliphatic rings. The molecule has 1 saturated heterocycles. The van der Waals surface area contributed by atoms with E-state index < -0.39 is 10.0 Å². The van der Waals surface area contributed by atoms with Gasteiger partial charge >= 0.3 is 0 Å². The van der Waals surface area contributed by atoms with Gasteiger partial charge in [-0.2, -0.15) is 4.31 Å². The predicted molar refractivity (Wildman–Crippen MR) is 94.2 cm³/mol. The fourth-order valence-electron chi connectivity index (χ4n) is 2.97. The molecule has 1 aliphatic heterocycles. The van der Waals surface area contributed by atoms with Crippen LogP contribution in [-0.4, -0.2) is 49.2 Å². The summed E-state index contributed by atoms with van der Waals surface area (Å²) in [7, 11) is -3.65. The molecular formula is C16H15ClN4O3S. The monoisotopic (exact) mass is 378 g/mol. The Hall–Kier alpha value is -2.16. The summed E-state index contributed by atoms with van der Waals surface area (Å²) in [5.74, 6) is 0. The SMILES string of the molecule is O=S(=O)(c1cccc2nonc12)N1CCN(c2ccc(Cl)cc2)CC1. The molecule has 25 heavy (non-hydrogen) atoms. The van der Waals surface area contributed by atoms with Gasteiger partial charge in [0, 0.05) is 36.9 Å². The number of hydrogen-bond donors (Lipinski definition) is 0. The Morgan fingerprint density at radius 2 is 1.68 bits per heavy atom. The maximum Gasteiger partial charge on any atom is 0.245 e. The summed E-state index contributed by atoms with van der Waals surface area (Å²) in [6.45, 7) is 2.00. The van der Waals surface area contributed by atoms with Gasteiger partial charge in [-0.1, -0.05) is 17.7 Å². The minimum atomic E-state index is -3.65. The van der Waals surface area contributed by atoms with Gasteiger partial charge in [0.05, 0.1) is 0 Å². The normalized spacial score (nSPS) is 16.4. The van der Waals surface area contributed by atoms with Gasteiger partial charge in [0.25, 0.3) is 0 Å². The molecule has 0 spiro atoms. The second-order valence-corrected chi connectivity index (χ2v) is 8.10. The lowest BCUT2D eigenvalue weighted by Crippen LogP contribution is -2.48. The molecule has 1 fully saturated rings. The number of piperazine rings is 1. The molecule has 1 aromatic heterocycles. The maximum atomic E-state index is 13.0. The van der Waals surface area contributed by atoms with Gasteiger partial charge in [-0.25, -0.2) is 13.0 Å². The van der Waals surface area contributed by atoms with E-state index >= 15 is 0 Å². The fraction of sp³-hybridized carbons (Fsp3) is 0.250. The van der Waals surface area contributed by atoms with E-state index in [1.165, 1.54) is 10.4 Å². The first-order chi connectivity index (χ1) is 12.1. The van der Waals surface area contributed by atoms with Crippen molar-refractivity contribution in [2.75, 3.05) is 31.1 Å². The van der Waals surface area contributed by atoms with Gasteiger partial charge in [0.2, 0.25) is 10.0 Å². The van der Waals surface area contributed by atoms with Crippen LogP contribution in [0.4, 0.5) is 5.69 Å². The molecule has 3 aromatic rings. The number of aromatic nitrogens is 2. The Morgan fingerprint density at radius 3 is 2.40 bits per heavy atom. The number of benzene rings is 2. The average Bonchev–Trinajstić information content (AvgIpc) is 3.11. The van der Waals surface area contributed by atoms with Crippen LogP contribution in [0, 0.1) is 0 Å². The molecule has 0 bridgehead atoms. The molecule has 2 aromatic carbocycles. The van der Waals surface area contributed by atoms with Crippen LogP contribution in [0.15, 0.2) is 52.0 Å². The molecule has 130 valence electrons. The summed E-state index contributed by atoms with van der Waals surface area (Å²) < 4.78 is 32.1. The maximum absolute atomic E-state index is 13.0. The van der Waals surface area contributed by atoms with Gasteiger partial charge in [-0.05, 0) is 46.7 Å². The average molecular weight is 379 g/mol. The standard InChI is InChI=1S/C16H15ClN4O3S/c17-12-4-6-13(7-5-12)20-8-10-21(11-9-20)25(22,23)15-3-1-2-14-16(15)19-24-18-14/h1-7H,8-11H2. The third kappa shape index (κ3) is 2.97. The zero-order chi connectivity index (χ0) is 17.4. The Labute approximate surface area is 149 Å². The van der Waals surface area contributed by atoms with E-state index in [9.17, 15) is 8.42 Å². The van der Waals surface area contributed by atoms with Crippen molar-refractivity contribution in [1.82, 2.24) is 14.6 Å². The molecule has 7 nitrogen and oxygen atoms in total. The highest BCUT2D eigenvalue weighted by molar-refractivity contribution is 7.89. The lowest BCUT2D eigenvalue weighted by atomic mass is 10.2. The van der Waals surface area contributed by atoms with Crippen molar-refractivity contribution in [3.05, 3.63) is 47.5 Å².